The molecule has 0 bridgehead atoms. The smallest absolute Gasteiger partial charge is 0.291 e. The van der Waals surface area contributed by atoms with Crippen LogP contribution in [0.5, 0.6) is 0 Å². The maximum absolute atomic E-state index is 11.8. The molecule has 2 aromatic heterocycles. The molecule has 0 aliphatic carbocycles. The molecule has 0 saturated carbocycles. The van der Waals surface area contributed by atoms with Gasteiger partial charge in [-0.2, -0.15) is 10.2 Å². The number of furan rings is 1. The van der Waals surface area contributed by atoms with Gasteiger partial charge in [0.1, 0.15) is 11.5 Å². The van der Waals surface area contributed by atoms with E-state index in [0.29, 0.717) is 11.5 Å². The second-order valence-electron chi connectivity index (χ2n) is 4.84. The minimum Gasteiger partial charge on any atom is -0.455 e. The highest BCUT2D eigenvalue weighted by molar-refractivity contribution is 14.1. The topological polar surface area (TPSA) is 83.3 Å². The number of halogens is 1. The molecule has 1 amide bonds. The Balaban J connectivity index is 1.64. The van der Waals surface area contributed by atoms with Gasteiger partial charge in [-0.05, 0) is 59.8 Å². The fourth-order valence-corrected chi connectivity index (χ4v) is 2.30. The van der Waals surface area contributed by atoms with Crippen molar-refractivity contribution in [1.29, 1.82) is 0 Å². The fraction of sp³-hybridized carbons (Fsp3) is 0.0625. The van der Waals surface area contributed by atoms with Crippen molar-refractivity contribution < 1.29 is 9.21 Å². The summed E-state index contributed by atoms with van der Waals surface area (Å²) in [5.41, 5.74) is 4.49. The number of aryl methyl sites for hydroxylation is 1. The van der Waals surface area contributed by atoms with Crippen LogP contribution in [0.25, 0.3) is 11.3 Å². The molecular weight excluding hydrogens is 407 g/mol. The molecule has 0 aliphatic rings. The molecule has 7 heteroatoms. The first-order valence-corrected chi connectivity index (χ1v) is 7.91. The number of carbonyl (C=O) groups is 1. The van der Waals surface area contributed by atoms with Gasteiger partial charge in [-0.3, -0.25) is 9.89 Å². The summed E-state index contributed by atoms with van der Waals surface area (Å²) in [6.45, 7) is 1.82. The number of benzene rings is 1. The zero-order valence-corrected chi connectivity index (χ0v) is 14.4. The Labute approximate surface area is 146 Å². The van der Waals surface area contributed by atoms with Crippen LogP contribution < -0.4 is 5.43 Å². The van der Waals surface area contributed by atoms with Crippen LogP contribution in [0, 0.1) is 10.5 Å². The van der Waals surface area contributed by atoms with Gasteiger partial charge < -0.3 is 4.42 Å². The number of H-pyrrole nitrogens is 1. The van der Waals surface area contributed by atoms with E-state index in [1.165, 1.54) is 6.21 Å². The summed E-state index contributed by atoms with van der Waals surface area (Å²) in [7, 11) is 0. The van der Waals surface area contributed by atoms with Crippen LogP contribution in [0.1, 0.15) is 21.9 Å². The number of hydrogen-bond donors (Lipinski definition) is 2. The molecule has 2 heterocycles. The monoisotopic (exact) mass is 420 g/mol. The lowest BCUT2D eigenvalue weighted by molar-refractivity contribution is 0.0950. The van der Waals surface area contributed by atoms with Gasteiger partial charge in [0, 0.05) is 14.8 Å². The van der Waals surface area contributed by atoms with Crippen LogP contribution in [-0.4, -0.2) is 22.3 Å². The van der Waals surface area contributed by atoms with E-state index in [1.807, 2.05) is 37.3 Å². The summed E-state index contributed by atoms with van der Waals surface area (Å²) in [5, 5.41) is 10.4. The predicted molar refractivity (Wildman–Crippen MR) is 95.2 cm³/mol. The van der Waals surface area contributed by atoms with Crippen molar-refractivity contribution in [2.24, 2.45) is 5.10 Å². The van der Waals surface area contributed by atoms with E-state index in [2.05, 4.69) is 43.3 Å². The lowest BCUT2D eigenvalue weighted by atomic mass is 10.2. The molecule has 6 nitrogen and oxygen atoms in total. The van der Waals surface area contributed by atoms with Gasteiger partial charge in [-0.25, -0.2) is 5.43 Å². The number of nitrogens with one attached hydrogen (secondary N) is 2. The zero-order valence-electron chi connectivity index (χ0n) is 12.2. The van der Waals surface area contributed by atoms with E-state index in [9.17, 15) is 4.79 Å². The third kappa shape index (κ3) is 3.86. The third-order valence-corrected chi connectivity index (χ3v) is 3.77. The summed E-state index contributed by atoms with van der Waals surface area (Å²) in [5.74, 6) is 0.921. The Morgan fingerprint density at radius 2 is 2.09 bits per heavy atom. The summed E-state index contributed by atoms with van der Waals surface area (Å²) < 4.78 is 6.84. The Hall–Kier alpha value is -2.42. The molecule has 2 N–H and O–H groups in total. The van der Waals surface area contributed by atoms with Crippen LogP contribution in [-0.2, 0) is 0 Å². The van der Waals surface area contributed by atoms with Crippen LogP contribution in [0.15, 0.2) is 52.0 Å². The summed E-state index contributed by atoms with van der Waals surface area (Å²) in [6, 6.07) is 13.3. The molecule has 23 heavy (non-hydrogen) atoms. The number of hydrazone groups is 1. The largest absolute Gasteiger partial charge is 0.455 e. The molecule has 0 aliphatic heterocycles. The summed E-state index contributed by atoms with van der Waals surface area (Å²) in [6.07, 6.45) is 1.45. The van der Waals surface area contributed by atoms with E-state index in [1.54, 1.807) is 12.1 Å². The Kier molecular flexibility index (Phi) is 4.56. The number of hydrogen-bond acceptors (Lipinski definition) is 4. The van der Waals surface area contributed by atoms with Crippen molar-refractivity contribution in [1.82, 2.24) is 15.6 Å². The first kappa shape index (κ1) is 15.5. The van der Waals surface area contributed by atoms with E-state index in [0.717, 1.165) is 20.6 Å². The molecule has 3 aromatic rings. The number of nitrogens with zero attached hydrogens (tertiary/aromatic N) is 2. The zero-order chi connectivity index (χ0) is 16.2. The summed E-state index contributed by atoms with van der Waals surface area (Å²) in [4.78, 5) is 11.8. The van der Waals surface area contributed by atoms with Crippen molar-refractivity contribution in [2.45, 2.75) is 6.92 Å². The van der Waals surface area contributed by atoms with Gasteiger partial charge >= 0.3 is 0 Å². The maximum atomic E-state index is 11.8. The van der Waals surface area contributed by atoms with E-state index < -0.39 is 0 Å². The highest BCUT2D eigenvalue weighted by atomic mass is 127. The van der Waals surface area contributed by atoms with Gasteiger partial charge in [0.2, 0.25) is 0 Å². The van der Waals surface area contributed by atoms with Crippen molar-refractivity contribution in [3.05, 3.63) is 63.2 Å². The molecule has 0 spiro atoms. The number of carbonyl (C=O) groups excluding carboxylic acids is 1. The molecule has 0 fully saturated rings. The standard InChI is InChI=1S/C16H13IN4O2/c1-10-8-14(20-19-10)16(22)21-18-9-13-6-7-15(23-13)11-2-4-12(17)5-3-11/h2-9H,1H3,(H,19,20)(H,21,22)/b18-9-. The number of rotatable bonds is 4. The van der Waals surface area contributed by atoms with Crippen LogP contribution in [0.2, 0.25) is 0 Å². The Morgan fingerprint density at radius 1 is 1.30 bits per heavy atom. The molecule has 0 saturated heterocycles. The molecule has 0 atom stereocenters. The quantitative estimate of drug-likeness (QED) is 0.386. The van der Waals surface area contributed by atoms with Gasteiger partial charge in [-0.1, -0.05) is 12.1 Å². The SMILES string of the molecule is Cc1cc(C(=O)N/N=C\c2ccc(-c3ccc(I)cc3)o2)n[nH]1. The molecular formula is C16H13IN4O2. The van der Waals surface area contributed by atoms with E-state index >= 15 is 0 Å². The van der Waals surface area contributed by atoms with Gasteiger partial charge in [0.15, 0.2) is 5.69 Å². The average Bonchev–Trinajstić information content (AvgIpc) is 3.17. The van der Waals surface area contributed by atoms with Gasteiger partial charge in [0.25, 0.3) is 5.91 Å². The number of aromatic nitrogens is 2. The minimum atomic E-state index is -0.380. The fourth-order valence-electron chi connectivity index (χ4n) is 1.94. The lowest BCUT2D eigenvalue weighted by Gasteiger charge is -1.96. The molecule has 1 aromatic carbocycles. The van der Waals surface area contributed by atoms with Gasteiger partial charge in [0.05, 0.1) is 6.21 Å². The first-order chi connectivity index (χ1) is 11.1. The molecule has 0 unspecified atom stereocenters. The van der Waals surface area contributed by atoms with E-state index in [-0.39, 0.29) is 5.91 Å². The predicted octanol–water partition coefficient (Wildman–Crippen LogP) is 3.35. The first-order valence-electron chi connectivity index (χ1n) is 6.83. The highest BCUT2D eigenvalue weighted by Crippen LogP contribution is 2.22. The highest BCUT2D eigenvalue weighted by Gasteiger charge is 2.08. The lowest BCUT2D eigenvalue weighted by Crippen LogP contribution is -2.17. The van der Waals surface area contributed by atoms with Crippen molar-refractivity contribution in [2.75, 3.05) is 0 Å². The molecule has 116 valence electrons. The Bertz CT molecular complexity index is 849. The summed E-state index contributed by atoms with van der Waals surface area (Å²) >= 11 is 2.25. The second-order valence-corrected chi connectivity index (χ2v) is 6.09. The number of aromatic amines is 1. The van der Waals surface area contributed by atoms with Crippen LogP contribution in [0.3, 0.4) is 0 Å². The van der Waals surface area contributed by atoms with Gasteiger partial charge in [-0.15, -0.1) is 0 Å². The van der Waals surface area contributed by atoms with Crippen LogP contribution in [0.4, 0.5) is 0 Å². The van der Waals surface area contributed by atoms with E-state index in [4.69, 9.17) is 4.42 Å². The maximum Gasteiger partial charge on any atom is 0.291 e. The average molecular weight is 420 g/mol. The van der Waals surface area contributed by atoms with Crippen molar-refractivity contribution >= 4 is 34.7 Å². The minimum absolute atomic E-state index is 0.290. The second kappa shape index (κ2) is 6.78. The normalized spacial score (nSPS) is 11.0. The van der Waals surface area contributed by atoms with Crippen molar-refractivity contribution in [3.8, 4) is 11.3 Å². The third-order valence-electron chi connectivity index (χ3n) is 3.05. The number of amides is 1. The molecule has 3 rings (SSSR count). The van der Waals surface area contributed by atoms with Crippen LogP contribution >= 0.6 is 22.6 Å². The van der Waals surface area contributed by atoms with Crippen molar-refractivity contribution in [3.63, 3.8) is 0 Å². The Morgan fingerprint density at radius 3 is 2.78 bits per heavy atom. The molecule has 0 radical (unpaired) electrons.